The molecule has 39 heavy (non-hydrogen) atoms. The van der Waals surface area contributed by atoms with Gasteiger partial charge in [0.25, 0.3) is 0 Å². The van der Waals surface area contributed by atoms with Gasteiger partial charge in [0, 0.05) is 44.1 Å². The quantitative estimate of drug-likeness (QED) is 0.594. The highest BCUT2D eigenvalue weighted by molar-refractivity contribution is 5.74. The molecule has 5 heterocycles. The van der Waals surface area contributed by atoms with Crippen molar-refractivity contribution in [3.63, 3.8) is 0 Å². The Kier molecular flexibility index (Phi) is 7.05. The Labute approximate surface area is 231 Å². The summed E-state index contributed by atoms with van der Waals surface area (Å²) in [5, 5.41) is 3.62. The van der Waals surface area contributed by atoms with E-state index in [-0.39, 0.29) is 12.2 Å². The molecule has 1 N–H and O–H groups in total. The van der Waals surface area contributed by atoms with Crippen LogP contribution in [0.3, 0.4) is 0 Å². The highest BCUT2D eigenvalue weighted by atomic mass is 16.6. The van der Waals surface area contributed by atoms with Crippen molar-refractivity contribution in [1.29, 1.82) is 0 Å². The van der Waals surface area contributed by atoms with Crippen LogP contribution in [-0.2, 0) is 9.47 Å². The largest absolute Gasteiger partial charge is 0.484 e. The molecule has 6 rings (SSSR count). The number of anilines is 3. The molecule has 0 radical (unpaired) electrons. The maximum atomic E-state index is 12.3. The Morgan fingerprint density at radius 1 is 1.08 bits per heavy atom. The van der Waals surface area contributed by atoms with Crippen molar-refractivity contribution >= 4 is 23.3 Å². The molecule has 1 aromatic heterocycles. The fraction of sp³-hybridized carbons (Fsp3) is 0.600. The van der Waals surface area contributed by atoms with Crippen LogP contribution in [0.2, 0.25) is 0 Å². The average Bonchev–Trinajstić information content (AvgIpc) is 3.03. The number of nitrogens with one attached hydrogen (secondary N) is 1. The van der Waals surface area contributed by atoms with Gasteiger partial charge >= 0.3 is 6.09 Å². The highest BCUT2D eigenvalue weighted by Crippen LogP contribution is 2.43. The van der Waals surface area contributed by atoms with Gasteiger partial charge in [-0.25, -0.2) is 9.78 Å². The number of piperidine rings is 1. The van der Waals surface area contributed by atoms with Crippen LogP contribution in [0.5, 0.6) is 5.75 Å². The number of nitrogens with zero attached hydrogens (tertiary/aromatic N) is 4. The summed E-state index contributed by atoms with van der Waals surface area (Å²) in [5.41, 5.74) is 4.15. The summed E-state index contributed by atoms with van der Waals surface area (Å²) in [6.45, 7) is 14.7. The molecule has 9 nitrogen and oxygen atoms in total. The van der Waals surface area contributed by atoms with Gasteiger partial charge in [0.05, 0.1) is 24.5 Å². The molecule has 9 heteroatoms. The lowest BCUT2D eigenvalue weighted by Crippen LogP contribution is -2.62. The number of carbonyl (C=O) groups is 1. The normalized spacial score (nSPS) is 22.6. The molecule has 3 saturated heterocycles. The monoisotopic (exact) mass is 535 g/mol. The number of hydrogen-bond donors (Lipinski definition) is 1. The van der Waals surface area contributed by atoms with E-state index < -0.39 is 5.60 Å². The molecule has 0 spiro atoms. The van der Waals surface area contributed by atoms with E-state index in [0.717, 1.165) is 88.1 Å². The number of likely N-dealkylation sites (tertiary alicyclic amines) is 2. The second-order valence-corrected chi connectivity index (χ2v) is 12.2. The SMILES string of the molecule is CC1Oc2ccc(C3CCN(C4CN(C(=O)OC(C)(C)C)C4)CC3)cc2Nc2nccc(N3CCOCC3)c21. The van der Waals surface area contributed by atoms with Crippen molar-refractivity contribution in [3.05, 3.63) is 41.6 Å². The van der Waals surface area contributed by atoms with E-state index in [2.05, 4.69) is 46.3 Å². The molecule has 2 aromatic rings. The van der Waals surface area contributed by atoms with Crippen molar-refractivity contribution < 1.29 is 19.0 Å². The molecular weight excluding hydrogens is 494 g/mol. The molecule has 1 amide bonds. The van der Waals surface area contributed by atoms with Crippen LogP contribution < -0.4 is 15.0 Å². The fourth-order valence-corrected chi connectivity index (χ4v) is 6.18. The fourth-order valence-electron chi connectivity index (χ4n) is 6.18. The number of amides is 1. The maximum Gasteiger partial charge on any atom is 0.410 e. The Hall–Kier alpha value is -3.04. The van der Waals surface area contributed by atoms with Gasteiger partial charge in [0.1, 0.15) is 23.3 Å². The lowest BCUT2D eigenvalue weighted by molar-refractivity contribution is -0.0196. The van der Waals surface area contributed by atoms with Crippen molar-refractivity contribution in [3.8, 4) is 5.75 Å². The Balaban J connectivity index is 1.10. The zero-order chi connectivity index (χ0) is 27.1. The summed E-state index contributed by atoms with van der Waals surface area (Å²) < 4.78 is 17.6. The predicted molar refractivity (Wildman–Crippen MR) is 151 cm³/mol. The van der Waals surface area contributed by atoms with E-state index in [1.54, 1.807) is 0 Å². The van der Waals surface area contributed by atoms with Crippen molar-refractivity contribution in [2.75, 3.05) is 62.7 Å². The molecule has 210 valence electrons. The topological polar surface area (TPSA) is 79.4 Å². The van der Waals surface area contributed by atoms with Crippen LogP contribution >= 0.6 is 0 Å². The summed E-state index contributed by atoms with van der Waals surface area (Å²) >= 11 is 0. The molecule has 1 atom stereocenters. The van der Waals surface area contributed by atoms with Gasteiger partial charge in [-0.1, -0.05) is 6.07 Å². The van der Waals surface area contributed by atoms with Crippen LogP contribution in [0, 0.1) is 0 Å². The Bertz CT molecular complexity index is 1190. The highest BCUT2D eigenvalue weighted by Gasteiger charge is 2.38. The first-order valence-electron chi connectivity index (χ1n) is 14.4. The van der Waals surface area contributed by atoms with Gasteiger partial charge in [-0.05, 0) is 83.3 Å². The zero-order valence-corrected chi connectivity index (χ0v) is 23.6. The Morgan fingerprint density at radius 2 is 1.82 bits per heavy atom. The lowest BCUT2D eigenvalue weighted by atomic mass is 9.88. The first kappa shape index (κ1) is 26.2. The first-order valence-corrected chi connectivity index (χ1v) is 14.4. The van der Waals surface area contributed by atoms with Crippen molar-refractivity contribution in [1.82, 2.24) is 14.8 Å². The van der Waals surface area contributed by atoms with Gasteiger partial charge in [-0.3, -0.25) is 4.90 Å². The van der Waals surface area contributed by atoms with E-state index in [0.29, 0.717) is 12.0 Å². The second-order valence-electron chi connectivity index (χ2n) is 12.2. The van der Waals surface area contributed by atoms with E-state index in [9.17, 15) is 4.79 Å². The molecule has 1 aromatic carbocycles. The molecule has 3 fully saturated rings. The van der Waals surface area contributed by atoms with Crippen LogP contribution in [0.15, 0.2) is 30.5 Å². The molecule has 0 saturated carbocycles. The van der Waals surface area contributed by atoms with Crippen LogP contribution in [-0.4, -0.2) is 85.0 Å². The number of aromatic nitrogens is 1. The van der Waals surface area contributed by atoms with E-state index in [4.69, 9.17) is 19.2 Å². The number of pyridine rings is 1. The van der Waals surface area contributed by atoms with Gasteiger partial charge in [-0.2, -0.15) is 0 Å². The van der Waals surface area contributed by atoms with Crippen molar-refractivity contribution in [2.45, 2.75) is 64.2 Å². The third-order valence-corrected chi connectivity index (χ3v) is 8.32. The summed E-state index contributed by atoms with van der Waals surface area (Å²) in [4.78, 5) is 23.7. The third kappa shape index (κ3) is 5.52. The zero-order valence-electron chi connectivity index (χ0n) is 23.6. The Morgan fingerprint density at radius 3 is 2.54 bits per heavy atom. The number of carbonyl (C=O) groups excluding carboxylic acids is 1. The number of rotatable bonds is 3. The summed E-state index contributed by atoms with van der Waals surface area (Å²) in [7, 11) is 0. The van der Waals surface area contributed by atoms with Gasteiger partial charge in [-0.15, -0.1) is 0 Å². The standard InChI is InChI=1S/C30H41N5O4/c1-20-27-25(34-13-15-37-16-14-34)7-10-31-28(27)32-24-17-22(5-6-26(24)38-20)21-8-11-33(12-9-21)23-18-35(19-23)29(36)39-30(2,3)4/h5-7,10,17,20-21,23H,8-9,11-16,18-19H2,1-4H3,(H,31,32). The minimum absolute atomic E-state index is 0.114. The second kappa shape index (κ2) is 10.5. The maximum absolute atomic E-state index is 12.3. The lowest BCUT2D eigenvalue weighted by Gasteiger charge is -2.47. The molecule has 4 aliphatic rings. The van der Waals surface area contributed by atoms with E-state index in [1.165, 1.54) is 11.3 Å². The average molecular weight is 536 g/mol. The molecular formula is C30H41N5O4. The number of benzene rings is 1. The summed E-state index contributed by atoms with van der Waals surface area (Å²) in [6.07, 6.45) is 3.79. The van der Waals surface area contributed by atoms with E-state index >= 15 is 0 Å². The van der Waals surface area contributed by atoms with Gasteiger partial charge in [0.2, 0.25) is 0 Å². The molecule has 1 unspecified atom stereocenters. The summed E-state index contributed by atoms with van der Waals surface area (Å²) in [6, 6.07) is 9.13. The first-order chi connectivity index (χ1) is 18.7. The number of ether oxygens (including phenoxy) is 3. The minimum atomic E-state index is -0.449. The number of morpholine rings is 1. The predicted octanol–water partition coefficient (Wildman–Crippen LogP) is 4.91. The third-order valence-electron chi connectivity index (χ3n) is 8.32. The smallest absolute Gasteiger partial charge is 0.410 e. The van der Waals surface area contributed by atoms with Gasteiger partial charge in [0.15, 0.2) is 0 Å². The van der Waals surface area contributed by atoms with Crippen molar-refractivity contribution in [2.24, 2.45) is 0 Å². The number of hydrogen-bond acceptors (Lipinski definition) is 8. The minimum Gasteiger partial charge on any atom is -0.484 e. The van der Waals surface area contributed by atoms with Crippen LogP contribution in [0.1, 0.15) is 63.7 Å². The molecule has 0 aliphatic carbocycles. The van der Waals surface area contributed by atoms with E-state index in [1.807, 2.05) is 31.9 Å². The number of fused-ring (bicyclic) bond motifs is 2. The van der Waals surface area contributed by atoms with Crippen LogP contribution in [0.25, 0.3) is 0 Å². The molecule has 0 bridgehead atoms. The molecule has 4 aliphatic heterocycles. The summed E-state index contributed by atoms with van der Waals surface area (Å²) in [5.74, 6) is 2.24. The van der Waals surface area contributed by atoms with Crippen LogP contribution in [0.4, 0.5) is 22.0 Å². The van der Waals surface area contributed by atoms with Gasteiger partial charge < -0.3 is 29.3 Å².